The normalized spacial score (nSPS) is 11.0. The highest BCUT2D eigenvalue weighted by molar-refractivity contribution is 7.18. The average Bonchev–Trinajstić information content (AvgIpc) is 3.31. The molecule has 0 bridgehead atoms. The van der Waals surface area contributed by atoms with Crippen LogP contribution in [0.25, 0.3) is 10.1 Å². The van der Waals surface area contributed by atoms with E-state index in [1.54, 1.807) is 23.7 Å². The third-order valence-electron chi connectivity index (χ3n) is 6.22. The maximum Gasteiger partial charge on any atom is 0.123 e. The van der Waals surface area contributed by atoms with Crippen LogP contribution in [-0.2, 0) is 0 Å². The van der Waals surface area contributed by atoms with E-state index in [0.29, 0.717) is 0 Å². The molecule has 0 radical (unpaired) electrons. The Balaban J connectivity index is 0.00000304. The predicted octanol–water partition coefficient (Wildman–Crippen LogP) is 9.40. The van der Waals surface area contributed by atoms with Gasteiger partial charge in [0.2, 0.25) is 0 Å². The molecule has 3 aromatic carbocycles. The van der Waals surface area contributed by atoms with Crippen LogP contribution in [0.1, 0.15) is 29.9 Å². The second-order valence-corrected chi connectivity index (χ2v) is 9.68. The third kappa shape index (κ3) is 5.70. The first-order valence-electron chi connectivity index (χ1n) is 11.4. The van der Waals surface area contributed by atoms with Crippen molar-refractivity contribution in [2.24, 2.45) is 0 Å². The number of hydrogen-bond donors (Lipinski definition) is 0. The Bertz CT molecular complexity index is 1360. The number of benzene rings is 3. The van der Waals surface area contributed by atoms with Gasteiger partial charge < -0.3 is 4.90 Å². The number of anilines is 2. The van der Waals surface area contributed by atoms with Crippen molar-refractivity contribution in [3.05, 3.63) is 124 Å². The third-order valence-corrected chi connectivity index (χ3v) is 7.66. The molecule has 184 valence electrons. The molecule has 0 saturated heterocycles. The van der Waals surface area contributed by atoms with Gasteiger partial charge in [0, 0.05) is 41.3 Å². The summed E-state index contributed by atoms with van der Waals surface area (Å²) in [6.45, 7) is 0.765. The molecular formula is C29H24Cl2F2N2S. The molecule has 7 heteroatoms. The molecule has 5 aromatic rings. The highest BCUT2D eigenvalue weighted by Crippen LogP contribution is 2.40. The first kappa shape index (κ1) is 26.1. The zero-order valence-electron chi connectivity index (χ0n) is 19.3. The number of hydrogen-bond acceptors (Lipinski definition) is 3. The predicted molar refractivity (Wildman–Crippen MR) is 149 cm³/mol. The van der Waals surface area contributed by atoms with Crippen LogP contribution in [0.3, 0.4) is 0 Å². The van der Waals surface area contributed by atoms with Crippen molar-refractivity contribution < 1.29 is 8.78 Å². The number of fused-ring (bicyclic) bond motifs is 1. The second-order valence-electron chi connectivity index (χ2n) is 8.39. The fourth-order valence-electron chi connectivity index (χ4n) is 4.50. The van der Waals surface area contributed by atoms with Crippen molar-refractivity contribution in [3.63, 3.8) is 0 Å². The van der Waals surface area contributed by atoms with Crippen LogP contribution < -0.4 is 4.90 Å². The molecule has 0 atom stereocenters. The van der Waals surface area contributed by atoms with E-state index in [-0.39, 0.29) is 30.0 Å². The number of thiophene rings is 1. The lowest BCUT2D eigenvalue weighted by atomic mass is 9.87. The average molecular weight is 541 g/mol. The standard InChI is InChI=1S/C29H23ClF2N2S.ClH/c30-27-5-1-3-26-28(19-35-29(26)27)34(24-14-16-33-17-15-24)18-2-4-25(20-6-10-22(31)11-7-20)21-8-12-23(32)13-9-21;/h1,3,5-17,19,25H,2,4,18H2;1H. The molecule has 36 heavy (non-hydrogen) atoms. The van der Waals surface area contributed by atoms with Gasteiger partial charge in [0.1, 0.15) is 11.6 Å². The van der Waals surface area contributed by atoms with Crippen molar-refractivity contribution in [2.45, 2.75) is 18.8 Å². The summed E-state index contributed by atoms with van der Waals surface area (Å²) in [5.41, 5.74) is 4.20. The Morgan fingerprint density at radius 3 is 2.06 bits per heavy atom. The van der Waals surface area contributed by atoms with Gasteiger partial charge in [-0.2, -0.15) is 0 Å². The lowest BCUT2D eigenvalue weighted by Gasteiger charge is -2.26. The SMILES string of the molecule is Cl.Fc1ccc(C(CCCN(c2ccncc2)c2csc3c(Cl)cccc23)c2ccc(F)cc2)cc1. The molecule has 0 unspecified atom stereocenters. The summed E-state index contributed by atoms with van der Waals surface area (Å²) in [7, 11) is 0. The number of nitrogens with zero attached hydrogens (tertiary/aromatic N) is 2. The largest absolute Gasteiger partial charge is 0.340 e. The van der Waals surface area contributed by atoms with Gasteiger partial charge in [-0.15, -0.1) is 23.7 Å². The number of pyridine rings is 1. The molecule has 0 aliphatic rings. The molecule has 0 aliphatic heterocycles. The summed E-state index contributed by atoms with van der Waals surface area (Å²) in [5.74, 6) is -0.499. The Morgan fingerprint density at radius 1 is 0.833 bits per heavy atom. The first-order chi connectivity index (χ1) is 17.1. The van der Waals surface area contributed by atoms with Crippen LogP contribution in [0, 0.1) is 11.6 Å². The van der Waals surface area contributed by atoms with E-state index in [2.05, 4.69) is 21.3 Å². The minimum Gasteiger partial charge on any atom is -0.340 e. The summed E-state index contributed by atoms with van der Waals surface area (Å²) < 4.78 is 28.3. The van der Waals surface area contributed by atoms with Crippen molar-refractivity contribution in [1.29, 1.82) is 0 Å². The van der Waals surface area contributed by atoms with Crippen molar-refractivity contribution in [1.82, 2.24) is 4.98 Å². The van der Waals surface area contributed by atoms with Gasteiger partial charge >= 0.3 is 0 Å². The number of halogens is 4. The first-order valence-corrected chi connectivity index (χ1v) is 12.7. The molecule has 0 N–H and O–H groups in total. The molecule has 0 aliphatic carbocycles. The molecule has 0 amide bonds. The van der Waals surface area contributed by atoms with Gasteiger partial charge in [-0.05, 0) is 66.4 Å². The summed E-state index contributed by atoms with van der Waals surface area (Å²) >= 11 is 8.09. The monoisotopic (exact) mass is 540 g/mol. The van der Waals surface area contributed by atoms with Crippen molar-refractivity contribution >= 4 is 56.8 Å². The van der Waals surface area contributed by atoms with E-state index in [1.165, 1.54) is 24.3 Å². The van der Waals surface area contributed by atoms with E-state index in [1.807, 2.05) is 48.5 Å². The van der Waals surface area contributed by atoms with Crippen LogP contribution in [0.4, 0.5) is 20.2 Å². The van der Waals surface area contributed by atoms with Crippen molar-refractivity contribution in [2.75, 3.05) is 11.4 Å². The maximum atomic E-state index is 13.6. The maximum absolute atomic E-state index is 13.6. The van der Waals surface area contributed by atoms with E-state index < -0.39 is 0 Å². The Hall–Kier alpha value is -2.99. The van der Waals surface area contributed by atoms with Crippen LogP contribution in [0.15, 0.2) is 96.6 Å². The summed E-state index contributed by atoms with van der Waals surface area (Å²) in [5, 5.41) is 4.02. The summed E-state index contributed by atoms with van der Waals surface area (Å²) in [6.07, 6.45) is 5.27. The van der Waals surface area contributed by atoms with Gasteiger partial charge in [0.05, 0.1) is 15.4 Å². The van der Waals surface area contributed by atoms with Crippen molar-refractivity contribution in [3.8, 4) is 0 Å². The molecule has 2 aromatic heterocycles. The quantitative estimate of drug-likeness (QED) is 0.195. The lowest BCUT2D eigenvalue weighted by Crippen LogP contribution is -2.19. The van der Waals surface area contributed by atoms with E-state index >= 15 is 0 Å². The van der Waals surface area contributed by atoms with Crippen LogP contribution >= 0.6 is 35.3 Å². The van der Waals surface area contributed by atoms with Crippen LogP contribution in [0.5, 0.6) is 0 Å². The van der Waals surface area contributed by atoms with Gasteiger partial charge in [0.15, 0.2) is 0 Å². The Labute approximate surface area is 224 Å². The molecule has 2 heterocycles. The van der Waals surface area contributed by atoms with Crippen LogP contribution in [-0.4, -0.2) is 11.5 Å². The number of rotatable bonds is 8. The minimum atomic E-state index is -0.265. The zero-order chi connectivity index (χ0) is 24.2. The Morgan fingerprint density at radius 2 is 1.44 bits per heavy atom. The second kappa shape index (κ2) is 11.8. The summed E-state index contributed by atoms with van der Waals surface area (Å²) in [4.78, 5) is 6.48. The van der Waals surface area contributed by atoms with Gasteiger partial charge in [0.25, 0.3) is 0 Å². The van der Waals surface area contributed by atoms with E-state index in [4.69, 9.17) is 11.6 Å². The van der Waals surface area contributed by atoms with E-state index in [0.717, 1.165) is 57.0 Å². The molecule has 2 nitrogen and oxygen atoms in total. The summed E-state index contributed by atoms with van der Waals surface area (Å²) in [6, 6.07) is 23.2. The highest BCUT2D eigenvalue weighted by Gasteiger charge is 2.19. The zero-order valence-corrected chi connectivity index (χ0v) is 21.7. The van der Waals surface area contributed by atoms with E-state index in [9.17, 15) is 8.78 Å². The fourth-order valence-corrected chi connectivity index (χ4v) is 5.77. The van der Waals surface area contributed by atoms with Gasteiger partial charge in [-0.3, -0.25) is 4.98 Å². The molecule has 0 fully saturated rings. The molecule has 5 rings (SSSR count). The van der Waals surface area contributed by atoms with Crippen LogP contribution in [0.2, 0.25) is 5.02 Å². The smallest absolute Gasteiger partial charge is 0.123 e. The topological polar surface area (TPSA) is 16.1 Å². The van der Waals surface area contributed by atoms with Gasteiger partial charge in [-0.25, -0.2) is 8.78 Å². The fraction of sp³-hybridized carbons (Fsp3) is 0.138. The number of aromatic nitrogens is 1. The molecule has 0 spiro atoms. The molecule has 0 saturated carbocycles. The minimum absolute atomic E-state index is 0. The molecular weight excluding hydrogens is 517 g/mol. The highest BCUT2D eigenvalue weighted by atomic mass is 35.5. The van der Waals surface area contributed by atoms with Gasteiger partial charge in [-0.1, -0.05) is 48.0 Å². The lowest BCUT2D eigenvalue weighted by molar-refractivity contribution is 0.618. The Kier molecular flexibility index (Phi) is 8.57.